The Morgan fingerprint density at radius 2 is 2.08 bits per heavy atom. The molecular weight excluding hydrogens is 152 g/mol. The van der Waals surface area contributed by atoms with Crippen LogP contribution < -0.4 is 5.73 Å². The number of rotatable bonds is 4. The smallest absolute Gasteiger partial charge is 0.116 e. The molecule has 0 amide bonds. The van der Waals surface area contributed by atoms with Crippen LogP contribution in [0.4, 0.5) is 0 Å². The van der Waals surface area contributed by atoms with Gasteiger partial charge in [-0.2, -0.15) is 5.26 Å². The van der Waals surface area contributed by atoms with Crippen LogP contribution in [0, 0.1) is 16.7 Å². The van der Waals surface area contributed by atoms with Crippen LogP contribution in [0.3, 0.4) is 0 Å². The van der Waals surface area contributed by atoms with E-state index >= 15 is 0 Å². The molecule has 0 aliphatic carbocycles. The molecule has 3 heteroatoms. The number of hydrogen-bond donors (Lipinski definition) is 1. The summed E-state index contributed by atoms with van der Waals surface area (Å²) >= 11 is 0. The molecule has 0 aliphatic heterocycles. The summed E-state index contributed by atoms with van der Waals surface area (Å²) in [5, 5.41) is 8.34. The van der Waals surface area contributed by atoms with E-state index < -0.39 is 6.04 Å². The van der Waals surface area contributed by atoms with Crippen molar-refractivity contribution in [2.24, 2.45) is 11.1 Å². The highest BCUT2D eigenvalue weighted by Gasteiger charge is 2.09. The largest absolute Gasteiger partial charge is 0.379 e. The fraction of sp³-hybridized carbons (Fsp3) is 0.889. The minimum absolute atomic E-state index is 0.288. The lowest BCUT2D eigenvalue weighted by Crippen LogP contribution is -2.24. The molecule has 3 nitrogen and oxygen atoms in total. The summed E-state index contributed by atoms with van der Waals surface area (Å²) in [7, 11) is 0. The zero-order valence-corrected chi connectivity index (χ0v) is 8.13. The number of ether oxygens (including phenoxy) is 1. The van der Waals surface area contributed by atoms with Crippen LogP contribution in [0.15, 0.2) is 0 Å². The van der Waals surface area contributed by atoms with Crippen molar-refractivity contribution in [1.82, 2.24) is 0 Å². The number of nitriles is 1. The van der Waals surface area contributed by atoms with Crippen molar-refractivity contribution in [3.8, 4) is 6.07 Å². The Morgan fingerprint density at radius 3 is 2.50 bits per heavy atom. The molecule has 1 unspecified atom stereocenters. The van der Waals surface area contributed by atoms with E-state index in [1.165, 1.54) is 0 Å². The molecule has 0 radical (unpaired) electrons. The summed E-state index contributed by atoms with van der Waals surface area (Å²) in [4.78, 5) is 0. The van der Waals surface area contributed by atoms with Crippen molar-refractivity contribution in [3.63, 3.8) is 0 Å². The van der Waals surface area contributed by atoms with Gasteiger partial charge in [0.15, 0.2) is 0 Å². The maximum absolute atomic E-state index is 8.34. The normalized spacial score (nSPS) is 13.9. The second kappa shape index (κ2) is 5.13. The van der Waals surface area contributed by atoms with Gasteiger partial charge in [0, 0.05) is 6.61 Å². The maximum atomic E-state index is 8.34. The van der Waals surface area contributed by atoms with Crippen LogP contribution in [0.25, 0.3) is 0 Å². The van der Waals surface area contributed by atoms with E-state index in [1.54, 1.807) is 0 Å². The molecule has 12 heavy (non-hydrogen) atoms. The molecule has 0 bridgehead atoms. The van der Waals surface area contributed by atoms with Crippen molar-refractivity contribution in [2.75, 3.05) is 13.2 Å². The van der Waals surface area contributed by atoms with Crippen LogP contribution in [0.5, 0.6) is 0 Å². The number of nitrogens with two attached hydrogens (primary N) is 1. The van der Waals surface area contributed by atoms with Gasteiger partial charge in [-0.05, 0) is 11.8 Å². The third-order valence-corrected chi connectivity index (χ3v) is 1.46. The summed E-state index contributed by atoms with van der Waals surface area (Å²) in [5.41, 5.74) is 5.63. The van der Waals surface area contributed by atoms with Crippen molar-refractivity contribution in [2.45, 2.75) is 33.2 Å². The quantitative estimate of drug-likeness (QED) is 0.647. The highest BCUT2D eigenvalue weighted by atomic mass is 16.5. The van der Waals surface area contributed by atoms with Crippen LogP contribution in [0.1, 0.15) is 27.2 Å². The maximum Gasteiger partial charge on any atom is 0.116 e. The van der Waals surface area contributed by atoms with E-state index in [1.807, 2.05) is 6.07 Å². The molecule has 0 aliphatic rings. The molecule has 0 saturated heterocycles. The van der Waals surface area contributed by atoms with Gasteiger partial charge in [0.25, 0.3) is 0 Å². The van der Waals surface area contributed by atoms with E-state index in [0.29, 0.717) is 13.2 Å². The minimum atomic E-state index is -0.482. The Bertz CT molecular complexity index is 155. The van der Waals surface area contributed by atoms with Gasteiger partial charge in [-0.15, -0.1) is 0 Å². The SMILES string of the molecule is CC(C)(C)CCOCC(N)C#N. The van der Waals surface area contributed by atoms with Gasteiger partial charge in [0.2, 0.25) is 0 Å². The zero-order valence-electron chi connectivity index (χ0n) is 8.13. The fourth-order valence-electron chi connectivity index (χ4n) is 0.626. The first kappa shape index (κ1) is 11.4. The monoisotopic (exact) mass is 170 g/mol. The summed E-state index contributed by atoms with van der Waals surface area (Å²) in [5.74, 6) is 0. The second-order valence-corrected chi connectivity index (χ2v) is 4.12. The Kier molecular flexibility index (Phi) is 4.87. The molecule has 0 saturated carbocycles. The van der Waals surface area contributed by atoms with E-state index in [0.717, 1.165) is 6.42 Å². The molecule has 0 aromatic heterocycles. The van der Waals surface area contributed by atoms with Gasteiger partial charge in [0.05, 0.1) is 12.7 Å². The molecule has 2 N–H and O–H groups in total. The third kappa shape index (κ3) is 7.52. The van der Waals surface area contributed by atoms with E-state index in [2.05, 4.69) is 20.8 Å². The topological polar surface area (TPSA) is 59.0 Å². The molecule has 70 valence electrons. The molecule has 0 aromatic rings. The molecule has 0 heterocycles. The lowest BCUT2D eigenvalue weighted by Gasteiger charge is -2.17. The Morgan fingerprint density at radius 1 is 1.50 bits per heavy atom. The Hall–Kier alpha value is -0.590. The van der Waals surface area contributed by atoms with Gasteiger partial charge >= 0.3 is 0 Å². The average molecular weight is 170 g/mol. The van der Waals surface area contributed by atoms with E-state index in [9.17, 15) is 0 Å². The fourth-order valence-corrected chi connectivity index (χ4v) is 0.626. The molecular formula is C9H18N2O. The van der Waals surface area contributed by atoms with Gasteiger partial charge in [0.1, 0.15) is 6.04 Å². The van der Waals surface area contributed by atoms with Crippen molar-refractivity contribution in [1.29, 1.82) is 5.26 Å². The lowest BCUT2D eigenvalue weighted by atomic mass is 9.93. The van der Waals surface area contributed by atoms with Crippen LogP contribution in [-0.4, -0.2) is 19.3 Å². The Labute approximate surface area is 74.5 Å². The lowest BCUT2D eigenvalue weighted by molar-refractivity contribution is 0.105. The predicted octanol–water partition coefficient (Wildman–Crippen LogP) is 1.29. The predicted molar refractivity (Wildman–Crippen MR) is 48.5 cm³/mol. The first-order valence-corrected chi connectivity index (χ1v) is 4.18. The van der Waals surface area contributed by atoms with Gasteiger partial charge in [-0.3, -0.25) is 0 Å². The Balaban J connectivity index is 3.29. The highest BCUT2D eigenvalue weighted by Crippen LogP contribution is 2.17. The highest BCUT2D eigenvalue weighted by molar-refractivity contribution is 4.85. The summed E-state index contributed by atoms with van der Waals surface area (Å²) in [6.45, 7) is 7.48. The van der Waals surface area contributed by atoms with Crippen molar-refractivity contribution >= 4 is 0 Å². The van der Waals surface area contributed by atoms with E-state index in [4.69, 9.17) is 15.7 Å². The standard InChI is InChI=1S/C9H18N2O/c1-9(2,3)4-5-12-7-8(11)6-10/h8H,4-5,7,11H2,1-3H3. The first-order valence-electron chi connectivity index (χ1n) is 4.18. The summed E-state index contributed by atoms with van der Waals surface area (Å²) in [6, 6.07) is 1.43. The van der Waals surface area contributed by atoms with E-state index in [-0.39, 0.29) is 5.41 Å². The molecule has 1 atom stereocenters. The summed E-state index contributed by atoms with van der Waals surface area (Å²) < 4.78 is 5.21. The zero-order chi connectivity index (χ0) is 9.61. The van der Waals surface area contributed by atoms with Crippen LogP contribution >= 0.6 is 0 Å². The minimum Gasteiger partial charge on any atom is -0.379 e. The first-order chi connectivity index (χ1) is 5.45. The van der Waals surface area contributed by atoms with Crippen LogP contribution in [-0.2, 0) is 4.74 Å². The molecule has 0 spiro atoms. The molecule has 0 rings (SSSR count). The third-order valence-electron chi connectivity index (χ3n) is 1.46. The van der Waals surface area contributed by atoms with Crippen molar-refractivity contribution < 1.29 is 4.74 Å². The summed E-state index contributed by atoms with van der Waals surface area (Å²) in [6.07, 6.45) is 0.991. The number of nitrogens with zero attached hydrogens (tertiary/aromatic N) is 1. The average Bonchev–Trinajstić information content (AvgIpc) is 1.96. The van der Waals surface area contributed by atoms with Gasteiger partial charge in [-0.25, -0.2) is 0 Å². The van der Waals surface area contributed by atoms with Crippen LogP contribution in [0.2, 0.25) is 0 Å². The van der Waals surface area contributed by atoms with Crippen molar-refractivity contribution in [3.05, 3.63) is 0 Å². The molecule has 0 fully saturated rings. The van der Waals surface area contributed by atoms with Gasteiger partial charge < -0.3 is 10.5 Å². The second-order valence-electron chi connectivity index (χ2n) is 4.12. The molecule has 0 aromatic carbocycles. The van der Waals surface area contributed by atoms with Gasteiger partial charge in [-0.1, -0.05) is 20.8 Å². The number of hydrogen-bond acceptors (Lipinski definition) is 3.